The van der Waals surface area contributed by atoms with Crippen molar-refractivity contribution in [1.29, 1.82) is 0 Å². The van der Waals surface area contributed by atoms with Gasteiger partial charge in [-0.2, -0.15) is 0 Å². The van der Waals surface area contributed by atoms with E-state index in [1.54, 1.807) is 0 Å². The number of amides is 6. The van der Waals surface area contributed by atoms with Crippen LogP contribution in [0.4, 0.5) is 4.79 Å². The lowest BCUT2D eigenvalue weighted by Gasteiger charge is -2.38. The fourth-order valence-corrected chi connectivity index (χ4v) is 5.07. The molecule has 6 amide bonds. The molecule has 2 fully saturated rings. The third-order valence-corrected chi connectivity index (χ3v) is 8.00. The predicted octanol–water partition coefficient (Wildman–Crippen LogP) is 2.78. The van der Waals surface area contributed by atoms with Gasteiger partial charge < -0.3 is 31.9 Å². The molecule has 3 atom stereocenters. The first-order chi connectivity index (χ1) is 20.5. The Morgan fingerprint density at radius 3 is 2.14 bits per heavy atom. The number of ketones is 1. The van der Waals surface area contributed by atoms with Gasteiger partial charge in [0.2, 0.25) is 24.0 Å². The van der Waals surface area contributed by atoms with Crippen molar-refractivity contribution in [3.8, 4) is 0 Å². The van der Waals surface area contributed by atoms with Gasteiger partial charge in [-0.15, -0.1) is 0 Å². The summed E-state index contributed by atoms with van der Waals surface area (Å²) >= 11 is 0. The van der Waals surface area contributed by atoms with Crippen molar-refractivity contribution in [2.45, 2.75) is 131 Å². The van der Waals surface area contributed by atoms with Gasteiger partial charge in [-0.25, -0.2) is 4.79 Å². The van der Waals surface area contributed by atoms with E-state index in [-0.39, 0.29) is 47.4 Å². The van der Waals surface area contributed by atoms with Gasteiger partial charge in [-0.05, 0) is 55.8 Å². The first-order valence-electron chi connectivity index (χ1n) is 16.2. The number of nitrogens with two attached hydrogens (primary N) is 1. The SMILES string of the molecule is CCCC(CCCCNC(=O)C(NC(=O)NC(CN1CCCCC1=O)C(C)(C)C)C(C)(C)C)C(=O)C(=O)NC1CC1.NC=O. The Morgan fingerprint density at radius 2 is 1.61 bits per heavy atom. The van der Waals surface area contributed by atoms with E-state index in [2.05, 4.69) is 27.0 Å². The van der Waals surface area contributed by atoms with Crippen LogP contribution in [0.1, 0.15) is 113 Å². The molecule has 0 aromatic rings. The molecule has 1 aliphatic heterocycles. The van der Waals surface area contributed by atoms with Crippen LogP contribution in [0.2, 0.25) is 0 Å². The smallest absolute Gasteiger partial charge is 0.315 e. The third-order valence-electron chi connectivity index (χ3n) is 8.00. The number of nitrogens with zero attached hydrogens (tertiary/aromatic N) is 1. The molecule has 0 aromatic carbocycles. The molecule has 0 aromatic heterocycles. The number of likely N-dealkylation sites (tertiary alicyclic amines) is 1. The largest absolute Gasteiger partial charge is 0.372 e. The normalized spacial score (nSPS) is 17.2. The fraction of sp³-hybridized carbons (Fsp3) is 0.812. The molecule has 12 nitrogen and oxygen atoms in total. The molecule has 2 rings (SSSR count). The molecular weight excluding hydrogens is 564 g/mol. The Bertz CT molecular complexity index is 969. The van der Waals surface area contributed by atoms with Crippen LogP contribution >= 0.6 is 0 Å². The average Bonchev–Trinajstić information content (AvgIpc) is 3.74. The molecule has 1 heterocycles. The summed E-state index contributed by atoms with van der Waals surface area (Å²) in [6.45, 7) is 15.3. The predicted molar refractivity (Wildman–Crippen MR) is 170 cm³/mol. The summed E-state index contributed by atoms with van der Waals surface area (Å²) in [7, 11) is 0. The van der Waals surface area contributed by atoms with E-state index in [0.717, 1.165) is 32.1 Å². The van der Waals surface area contributed by atoms with Crippen LogP contribution in [0, 0.1) is 16.7 Å². The Kier molecular flexibility index (Phi) is 16.4. The van der Waals surface area contributed by atoms with Crippen LogP contribution in [0.15, 0.2) is 0 Å². The van der Waals surface area contributed by atoms with Gasteiger partial charge in [0.1, 0.15) is 6.04 Å². The molecule has 12 heteroatoms. The number of nitrogens with one attached hydrogen (secondary N) is 4. The van der Waals surface area contributed by atoms with Gasteiger partial charge in [0.15, 0.2) is 0 Å². The summed E-state index contributed by atoms with van der Waals surface area (Å²) in [6, 6.07) is -1.32. The summed E-state index contributed by atoms with van der Waals surface area (Å²) < 4.78 is 0. The number of hydrogen-bond acceptors (Lipinski definition) is 6. The number of urea groups is 1. The summed E-state index contributed by atoms with van der Waals surface area (Å²) in [5, 5.41) is 11.6. The molecule has 0 radical (unpaired) electrons. The summed E-state index contributed by atoms with van der Waals surface area (Å²) in [5.41, 5.74) is 3.35. The van der Waals surface area contributed by atoms with Crippen molar-refractivity contribution in [2.75, 3.05) is 19.6 Å². The maximum atomic E-state index is 13.2. The van der Waals surface area contributed by atoms with E-state index >= 15 is 0 Å². The fourth-order valence-electron chi connectivity index (χ4n) is 5.07. The molecule has 1 aliphatic carbocycles. The number of primary amides is 1. The molecule has 252 valence electrons. The monoisotopic (exact) mass is 622 g/mol. The molecule has 44 heavy (non-hydrogen) atoms. The number of Topliss-reactive ketones (excluding diaryl/α,β-unsaturated/α-hetero) is 1. The van der Waals surface area contributed by atoms with Crippen LogP contribution in [-0.4, -0.2) is 78.6 Å². The summed E-state index contributed by atoms with van der Waals surface area (Å²) in [6.07, 6.45) is 8.04. The van der Waals surface area contributed by atoms with Crippen molar-refractivity contribution in [3.63, 3.8) is 0 Å². The first-order valence-corrected chi connectivity index (χ1v) is 16.2. The zero-order valence-corrected chi connectivity index (χ0v) is 28.1. The van der Waals surface area contributed by atoms with Crippen molar-refractivity contribution < 1.29 is 28.8 Å². The maximum Gasteiger partial charge on any atom is 0.315 e. The molecule has 0 spiro atoms. The number of carbonyl (C=O) groups excluding carboxylic acids is 6. The highest BCUT2D eigenvalue weighted by Gasteiger charge is 2.36. The minimum absolute atomic E-state index is 0.117. The molecule has 3 unspecified atom stereocenters. The van der Waals surface area contributed by atoms with Crippen LogP contribution in [0.25, 0.3) is 0 Å². The van der Waals surface area contributed by atoms with Gasteiger partial charge in [-0.3, -0.25) is 24.0 Å². The second-order valence-corrected chi connectivity index (χ2v) is 14.2. The molecular formula is C32H58N6O6. The van der Waals surface area contributed by atoms with Crippen molar-refractivity contribution in [3.05, 3.63) is 0 Å². The number of hydrogen-bond donors (Lipinski definition) is 5. The van der Waals surface area contributed by atoms with Crippen molar-refractivity contribution >= 4 is 35.9 Å². The van der Waals surface area contributed by atoms with Gasteiger partial charge >= 0.3 is 6.03 Å². The number of piperidine rings is 1. The van der Waals surface area contributed by atoms with Gasteiger partial charge in [0, 0.05) is 38.0 Å². The van der Waals surface area contributed by atoms with Crippen molar-refractivity contribution in [2.24, 2.45) is 22.5 Å². The second-order valence-electron chi connectivity index (χ2n) is 14.2. The van der Waals surface area contributed by atoms with Crippen LogP contribution in [0.5, 0.6) is 0 Å². The lowest BCUT2D eigenvalue weighted by atomic mass is 9.85. The highest BCUT2D eigenvalue weighted by molar-refractivity contribution is 6.37. The molecule has 0 bridgehead atoms. The van der Waals surface area contributed by atoms with E-state index < -0.39 is 23.4 Å². The Hall–Kier alpha value is -3.18. The Labute approximate surface area is 263 Å². The standard InChI is InChI=1S/C31H55N5O5.CH3NO/c1-8-13-21(25(38)27(39)33-22-16-17-22)14-9-11-18-32-28(40)26(31(5,6)7)35-29(41)34-23(30(2,3)4)20-36-19-12-10-15-24(36)37;2-1-3/h21-23,26H,8-20H2,1-7H3,(H,32,40)(H,33,39)(H2,34,35,41);1H,(H2,2,3). The minimum Gasteiger partial charge on any atom is -0.372 e. The zero-order chi connectivity index (χ0) is 33.5. The number of rotatable bonds is 15. The molecule has 6 N–H and O–H groups in total. The molecule has 1 saturated heterocycles. The quantitative estimate of drug-likeness (QED) is 0.106. The topological polar surface area (TPSA) is 180 Å². The van der Waals surface area contributed by atoms with Crippen LogP contribution in [-0.2, 0) is 24.0 Å². The molecule has 1 saturated carbocycles. The number of unbranched alkanes of at least 4 members (excludes halogenated alkanes) is 1. The first kappa shape index (κ1) is 38.8. The van der Waals surface area contributed by atoms with Crippen LogP contribution < -0.4 is 27.0 Å². The van der Waals surface area contributed by atoms with E-state index in [4.69, 9.17) is 4.79 Å². The van der Waals surface area contributed by atoms with E-state index in [1.165, 1.54) is 0 Å². The minimum atomic E-state index is -0.764. The average molecular weight is 623 g/mol. The summed E-state index contributed by atoms with van der Waals surface area (Å²) in [4.78, 5) is 73.9. The van der Waals surface area contributed by atoms with Gasteiger partial charge in [-0.1, -0.05) is 61.3 Å². The maximum absolute atomic E-state index is 13.2. The second kappa shape index (κ2) is 18.6. The van der Waals surface area contributed by atoms with Gasteiger partial charge in [0.05, 0.1) is 6.04 Å². The third kappa shape index (κ3) is 14.5. The van der Waals surface area contributed by atoms with Crippen LogP contribution in [0.3, 0.4) is 0 Å². The lowest BCUT2D eigenvalue weighted by molar-refractivity contribution is -0.140. The highest BCUT2D eigenvalue weighted by atomic mass is 16.2. The number of carbonyl (C=O) groups is 6. The highest BCUT2D eigenvalue weighted by Crippen LogP contribution is 2.24. The Morgan fingerprint density at radius 1 is 0.977 bits per heavy atom. The lowest BCUT2D eigenvalue weighted by Crippen LogP contribution is -2.60. The zero-order valence-electron chi connectivity index (χ0n) is 28.1. The van der Waals surface area contributed by atoms with Gasteiger partial charge in [0.25, 0.3) is 5.91 Å². The summed E-state index contributed by atoms with van der Waals surface area (Å²) in [5.74, 6) is -1.24. The van der Waals surface area contributed by atoms with E-state index in [1.807, 2.05) is 53.4 Å². The molecule has 2 aliphatic rings. The van der Waals surface area contributed by atoms with E-state index in [0.29, 0.717) is 51.7 Å². The van der Waals surface area contributed by atoms with E-state index in [9.17, 15) is 24.0 Å². The Balaban J connectivity index is 0.00000309. The van der Waals surface area contributed by atoms with Crippen molar-refractivity contribution in [1.82, 2.24) is 26.2 Å².